The Morgan fingerprint density at radius 2 is 1.82 bits per heavy atom. The molecule has 1 amide bonds. The normalized spacial score (nSPS) is 10.6. The quantitative estimate of drug-likeness (QED) is 0.486. The Hall–Kier alpha value is -3.80. The Kier molecular flexibility index (Phi) is 6.25. The monoisotopic (exact) mass is 376 g/mol. The van der Waals surface area contributed by atoms with Crippen molar-refractivity contribution in [1.29, 1.82) is 0 Å². The second kappa shape index (κ2) is 9.23. The van der Waals surface area contributed by atoms with Gasteiger partial charge in [0.25, 0.3) is 5.91 Å². The van der Waals surface area contributed by atoms with E-state index >= 15 is 0 Å². The van der Waals surface area contributed by atoms with Gasteiger partial charge in [-0.3, -0.25) is 4.79 Å². The SMILES string of the molecule is COc1ccc(/C=N\NC(=O)c2ccc(COc3ccccc3)cc2)cc1O. The van der Waals surface area contributed by atoms with Gasteiger partial charge in [0.15, 0.2) is 11.5 Å². The maximum absolute atomic E-state index is 12.2. The standard InChI is InChI=1S/C22H20N2O4/c1-27-21-12-9-17(13-20(21)25)14-23-24-22(26)18-10-7-16(8-11-18)15-28-19-5-3-2-4-6-19/h2-14,25H,15H2,1H3,(H,24,26)/b23-14-. The van der Waals surface area contributed by atoms with Crippen molar-refractivity contribution >= 4 is 12.1 Å². The highest BCUT2D eigenvalue weighted by Gasteiger charge is 2.05. The van der Waals surface area contributed by atoms with Gasteiger partial charge in [0.1, 0.15) is 12.4 Å². The zero-order valence-electron chi connectivity index (χ0n) is 15.3. The largest absolute Gasteiger partial charge is 0.504 e. The number of rotatable bonds is 7. The molecular formula is C22H20N2O4. The molecule has 0 spiro atoms. The molecule has 0 saturated carbocycles. The zero-order valence-corrected chi connectivity index (χ0v) is 15.3. The minimum atomic E-state index is -0.329. The van der Waals surface area contributed by atoms with Crippen LogP contribution in [0.1, 0.15) is 21.5 Å². The molecule has 6 heteroatoms. The van der Waals surface area contributed by atoms with Crippen molar-refractivity contribution < 1.29 is 19.4 Å². The van der Waals surface area contributed by atoms with Crippen molar-refractivity contribution in [3.63, 3.8) is 0 Å². The Labute approximate surface area is 163 Å². The van der Waals surface area contributed by atoms with Crippen molar-refractivity contribution in [2.24, 2.45) is 5.10 Å². The molecule has 0 aromatic heterocycles. The topological polar surface area (TPSA) is 80.2 Å². The molecule has 0 saturated heterocycles. The minimum absolute atomic E-state index is 0.00564. The van der Waals surface area contributed by atoms with Crippen LogP contribution in [0.4, 0.5) is 0 Å². The molecule has 0 unspecified atom stereocenters. The average Bonchev–Trinajstić information content (AvgIpc) is 2.73. The number of hydrogen-bond acceptors (Lipinski definition) is 5. The summed E-state index contributed by atoms with van der Waals surface area (Å²) < 4.78 is 10.7. The van der Waals surface area contributed by atoms with E-state index in [1.165, 1.54) is 19.4 Å². The van der Waals surface area contributed by atoms with Crippen LogP contribution < -0.4 is 14.9 Å². The molecule has 0 radical (unpaired) electrons. The number of amides is 1. The van der Waals surface area contributed by atoms with Crippen molar-refractivity contribution in [3.05, 3.63) is 89.5 Å². The number of nitrogens with one attached hydrogen (secondary N) is 1. The highest BCUT2D eigenvalue weighted by Crippen LogP contribution is 2.25. The molecule has 0 fully saturated rings. The molecule has 6 nitrogen and oxygen atoms in total. The van der Waals surface area contributed by atoms with E-state index in [1.807, 2.05) is 42.5 Å². The van der Waals surface area contributed by atoms with E-state index in [9.17, 15) is 9.90 Å². The molecule has 28 heavy (non-hydrogen) atoms. The van der Waals surface area contributed by atoms with Crippen LogP contribution in [-0.2, 0) is 6.61 Å². The highest BCUT2D eigenvalue weighted by atomic mass is 16.5. The Balaban J connectivity index is 1.53. The summed E-state index contributed by atoms with van der Waals surface area (Å²) in [5.74, 6) is 0.844. The third kappa shape index (κ3) is 5.11. The van der Waals surface area contributed by atoms with Crippen molar-refractivity contribution in [2.75, 3.05) is 7.11 Å². The van der Waals surface area contributed by atoms with Gasteiger partial charge in [-0.2, -0.15) is 5.10 Å². The fraction of sp³-hybridized carbons (Fsp3) is 0.0909. The molecule has 0 aliphatic rings. The van der Waals surface area contributed by atoms with Crippen LogP contribution in [0.3, 0.4) is 0 Å². The van der Waals surface area contributed by atoms with E-state index in [-0.39, 0.29) is 11.7 Å². The Morgan fingerprint density at radius 1 is 1.07 bits per heavy atom. The third-order valence-electron chi connectivity index (χ3n) is 3.95. The molecule has 0 aliphatic heterocycles. The summed E-state index contributed by atoms with van der Waals surface area (Å²) >= 11 is 0. The molecule has 3 aromatic rings. The average molecular weight is 376 g/mol. The highest BCUT2D eigenvalue weighted by molar-refractivity contribution is 5.94. The smallest absolute Gasteiger partial charge is 0.271 e. The third-order valence-corrected chi connectivity index (χ3v) is 3.95. The number of phenols is 1. The maximum Gasteiger partial charge on any atom is 0.271 e. The number of aromatic hydroxyl groups is 1. The van der Waals surface area contributed by atoms with Crippen molar-refractivity contribution in [3.8, 4) is 17.2 Å². The van der Waals surface area contributed by atoms with Gasteiger partial charge in [-0.15, -0.1) is 0 Å². The molecule has 2 N–H and O–H groups in total. The summed E-state index contributed by atoms with van der Waals surface area (Å²) in [6, 6.07) is 21.5. The van der Waals surface area contributed by atoms with Crippen LogP contribution in [0.25, 0.3) is 0 Å². The second-order valence-electron chi connectivity index (χ2n) is 5.93. The van der Waals surface area contributed by atoms with Crippen LogP contribution in [0.15, 0.2) is 77.9 Å². The predicted octanol–water partition coefficient (Wildman–Crippen LogP) is 3.74. The van der Waals surface area contributed by atoms with Crippen LogP contribution in [0, 0.1) is 0 Å². The van der Waals surface area contributed by atoms with E-state index < -0.39 is 0 Å². The van der Waals surface area contributed by atoms with Crippen LogP contribution in [-0.4, -0.2) is 24.3 Å². The number of hydrazone groups is 1. The summed E-state index contributed by atoms with van der Waals surface area (Å²) in [4.78, 5) is 12.2. The summed E-state index contributed by atoms with van der Waals surface area (Å²) in [6.45, 7) is 0.422. The van der Waals surface area contributed by atoms with Gasteiger partial charge < -0.3 is 14.6 Å². The number of ether oxygens (including phenoxy) is 2. The lowest BCUT2D eigenvalue weighted by atomic mass is 10.1. The first-order valence-corrected chi connectivity index (χ1v) is 8.63. The Morgan fingerprint density at radius 3 is 2.50 bits per heavy atom. The minimum Gasteiger partial charge on any atom is -0.504 e. The lowest BCUT2D eigenvalue weighted by Gasteiger charge is -2.07. The fourth-order valence-electron chi connectivity index (χ4n) is 2.45. The molecule has 0 atom stereocenters. The van der Waals surface area contributed by atoms with Crippen LogP contribution in [0.5, 0.6) is 17.2 Å². The lowest BCUT2D eigenvalue weighted by Crippen LogP contribution is -2.17. The molecule has 0 bridgehead atoms. The summed E-state index contributed by atoms with van der Waals surface area (Å²) in [5, 5.41) is 13.6. The molecule has 0 aliphatic carbocycles. The number of para-hydroxylation sites is 1. The van der Waals surface area contributed by atoms with Gasteiger partial charge in [-0.1, -0.05) is 30.3 Å². The summed E-state index contributed by atoms with van der Waals surface area (Å²) in [5.41, 5.74) is 4.53. The number of nitrogens with zero attached hydrogens (tertiary/aromatic N) is 1. The van der Waals surface area contributed by atoms with Crippen LogP contribution >= 0.6 is 0 Å². The molecule has 142 valence electrons. The van der Waals surface area contributed by atoms with Gasteiger partial charge in [0.2, 0.25) is 0 Å². The number of phenolic OH excluding ortho intramolecular Hbond substituents is 1. The van der Waals surface area contributed by atoms with E-state index in [0.29, 0.717) is 23.5 Å². The number of methoxy groups -OCH3 is 1. The number of carbonyl (C=O) groups excluding carboxylic acids is 1. The fourth-order valence-corrected chi connectivity index (χ4v) is 2.45. The molecule has 0 heterocycles. The first-order valence-electron chi connectivity index (χ1n) is 8.63. The number of hydrogen-bond donors (Lipinski definition) is 2. The Bertz CT molecular complexity index is 954. The van der Waals surface area contributed by atoms with Gasteiger partial charge in [0, 0.05) is 5.56 Å². The number of carbonyl (C=O) groups is 1. The second-order valence-corrected chi connectivity index (χ2v) is 5.93. The zero-order chi connectivity index (χ0) is 19.8. The summed E-state index contributed by atoms with van der Waals surface area (Å²) in [7, 11) is 1.47. The molecule has 3 aromatic carbocycles. The van der Waals surface area contributed by atoms with Crippen molar-refractivity contribution in [2.45, 2.75) is 6.61 Å². The van der Waals surface area contributed by atoms with E-state index in [1.54, 1.807) is 24.3 Å². The van der Waals surface area contributed by atoms with Gasteiger partial charge in [0.05, 0.1) is 13.3 Å². The van der Waals surface area contributed by atoms with E-state index in [4.69, 9.17) is 9.47 Å². The maximum atomic E-state index is 12.2. The van der Waals surface area contributed by atoms with Crippen LogP contribution in [0.2, 0.25) is 0 Å². The molecular weight excluding hydrogens is 356 g/mol. The van der Waals surface area contributed by atoms with E-state index in [0.717, 1.165) is 11.3 Å². The predicted molar refractivity (Wildman–Crippen MR) is 107 cm³/mol. The molecule has 3 rings (SSSR count). The van der Waals surface area contributed by atoms with E-state index in [2.05, 4.69) is 10.5 Å². The first kappa shape index (κ1) is 19.0. The lowest BCUT2D eigenvalue weighted by molar-refractivity contribution is 0.0955. The van der Waals surface area contributed by atoms with Gasteiger partial charge in [-0.05, 0) is 53.6 Å². The summed E-state index contributed by atoms with van der Waals surface area (Å²) in [6.07, 6.45) is 1.44. The number of benzene rings is 3. The van der Waals surface area contributed by atoms with Crippen molar-refractivity contribution in [1.82, 2.24) is 5.43 Å². The van der Waals surface area contributed by atoms with Gasteiger partial charge >= 0.3 is 0 Å². The first-order chi connectivity index (χ1) is 13.7. The van der Waals surface area contributed by atoms with Gasteiger partial charge in [-0.25, -0.2) is 5.43 Å².